The highest BCUT2D eigenvalue weighted by Crippen LogP contribution is 2.28. The molecule has 2 N–H and O–H groups in total. The number of halogens is 1. The SMILES string of the molecule is COc1cccc(OC)c1C(=O)NCc1ccc(CNC(=O)c2ccccc2-c2ccccc2)cc1F. The highest BCUT2D eigenvalue weighted by atomic mass is 19.1. The van der Waals surface area contributed by atoms with Crippen LogP contribution in [-0.4, -0.2) is 26.0 Å². The molecule has 0 heterocycles. The fourth-order valence-electron chi connectivity index (χ4n) is 4.01. The smallest absolute Gasteiger partial charge is 0.259 e. The summed E-state index contributed by atoms with van der Waals surface area (Å²) in [7, 11) is 2.92. The Hall–Kier alpha value is -4.65. The number of hydrogen-bond acceptors (Lipinski definition) is 4. The van der Waals surface area contributed by atoms with Gasteiger partial charge in [-0.05, 0) is 41.0 Å². The zero-order valence-electron chi connectivity index (χ0n) is 20.6. The number of benzene rings is 4. The van der Waals surface area contributed by atoms with Gasteiger partial charge in [-0.2, -0.15) is 0 Å². The van der Waals surface area contributed by atoms with Crippen molar-refractivity contribution in [1.29, 1.82) is 0 Å². The minimum Gasteiger partial charge on any atom is -0.496 e. The van der Waals surface area contributed by atoms with Gasteiger partial charge in [0.05, 0.1) is 14.2 Å². The maximum absolute atomic E-state index is 14.8. The van der Waals surface area contributed by atoms with Crippen molar-refractivity contribution in [2.75, 3.05) is 14.2 Å². The maximum Gasteiger partial charge on any atom is 0.259 e. The van der Waals surface area contributed by atoms with Crippen LogP contribution in [0.25, 0.3) is 11.1 Å². The van der Waals surface area contributed by atoms with E-state index in [9.17, 15) is 14.0 Å². The van der Waals surface area contributed by atoms with Crippen molar-refractivity contribution in [2.24, 2.45) is 0 Å². The molecule has 4 aromatic rings. The van der Waals surface area contributed by atoms with Gasteiger partial charge in [0.25, 0.3) is 11.8 Å². The molecule has 0 radical (unpaired) electrons. The summed E-state index contributed by atoms with van der Waals surface area (Å²) in [5.74, 6) is -0.456. The Labute approximate surface area is 215 Å². The predicted octanol–water partition coefficient (Wildman–Crippen LogP) is 5.37. The van der Waals surface area contributed by atoms with Crippen LogP contribution >= 0.6 is 0 Å². The van der Waals surface area contributed by atoms with Crippen LogP contribution in [0, 0.1) is 5.82 Å². The molecule has 0 aliphatic carbocycles. The number of hydrogen-bond donors (Lipinski definition) is 2. The molecule has 4 rings (SSSR count). The average Bonchev–Trinajstić information content (AvgIpc) is 2.95. The van der Waals surface area contributed by atoms with E-state index in [4.69, 9.17) is 9.47 Å². The number of nitrogens with one attached hydrogen (secondary N) is 2. The van der Waals surface area contributed by atoms with Crippen molar-refractivity contribution < 1.29 is 23.5 Å². The first-order valence-electron chi connectivity index (χ1n) is 11.7. The third kappa shape index (κ3) is 5.95. The molecule has 7 heteroatoms. The summed E-state index contributed by atoms with van der Waals surface area (Å²) in [5, 5.41) is 5.58. The monoisotopic (exact) mass is 498 g/mol. The molecular weight excluding hydrogens is 471 g/mol. The molecule has 6 nitrogen and oxygen atoms in total. The van der Waals surface area contributed by atoms with E-state index in [0.29, 0.717) is 28.2 Å². The predicted molar refractivity (Wildman–Crippen MR) is 140 cm³/mol. The lowest BCUT2D eigenvalue weighted by atomic mass is 9.99. The lowest BCUT2D eigenvalue weighted by Crippen LogP contribution is -2.25. The summed E-state index contributed by atoms with van der Waals surface area (Å²) >= 11 is 0. The van der Waals surface area contributed by atoms with E-state index >= 15 is 0 Å². The molecule has 0 bridgehead atoms. The molecule has 188 valence electrons. The van der Waals surface area contributed by atoms with Crippen molar-refractivity contribution in [2.45, 2.75) is 13.1 Å². The highest BCUT2D eigenvalue weighted by Gasteiger charge is 2.18. The van der Waals surface area contributed by atoms with Gasteiger partial charge in [-0.25, -0.2) is 4.39 Å². The zero-order chi connectivity index (χ0) is 26.2. The van der Waals surface area contributed by atoms with Gasteiger partial charge in [0.2, 0.25) is 0 Å². The molecule has 0 unspecified atom stereocenters. The van der Waals surface area contributed by atoms with E-state index in [1.807, 2.05) is 48.5 Å². The summed E-state index contributed by atoms with van der Waals surface area (Å²) in [4.78, 5) is 25.7. The summed E-state index contributed by atoms with van der Waals surface area (Å²) < 4.78 is 25.3. The van der Waals surface area contributed by atoms with E-state index in [1.165, 1.54) is 20.3 Å². The molecule has 2 amide bonds. The molecule has 0 saturated heterocycles. The van der Waals surface area contributed by atoms with E-state index in [0.717, 1.165) is 11.1 Å². The normalized spacial score (nSPS) is 10.5. The van der Waals surface area contributed by atoms with E-state index in [1.54, 1.807) is 36.4 Å². The van der Waals surface area contributed by atoms with Gasteiger partial charge in [0, 0.05) is 24.2 Å². The maximum atomic E-state index is 14.8. The third-order valence-electron chi connectivity index (χ3n) is 5.92. The van der Waals surface area contributed by atoms with Crippen LogP contribution in [-0.2, 0) is 13.1 Å². The largest absolute Gasteiger partial charge is 0.496 e. The second kappa shape index (κ2) is 11.9. The molecule has 0 saturated carbocycles. The topological polar surface area (TPSA) is 76.7 Å². The fraction of sp³-hybridized carbons (Fsp3) is 0.133. The minimum absolute atomic E-state index is 0.0248. The van der Waals surface area contributed by atoms with Gasteiger partial charge in [-0.1, -0.05) is 66.7 Å². The molecule has 0 spiro atoms. The van der Waals surface area contributed by atoms with Crippen LogP contribution in [0.5, 0.6) is 11.5 Å². The molecule has 0 aliphatic rings. The zero-order valence-corrected chi connectivity index (χ0v) is 20.6. The number of carbonyl (C=O) groups excluding carboxylic acids is 2. The van der Waals surface area contributed by atoms with Gasteiger partial charge >= 0.3 is 0 Å². The van der Waals surface area contributed by atoms with Crippen LogP contribution in [0.3, 0.4) is 0 Å². The number of rotatable bonds is 9. The molecule has 0 aromatic heterocycles. The first-order valence-corrected chi connectivity index (χ1v) is 11.7. The van der Waals surface area contributed by atoms with Gasteiger partial charge in [-0.3, -0.25) is 9.59 Å². The molecule has 37 heavy (non-hydrogen) atoms. The Bertz CT molecular complexity index is 1380. The summed E-state index contributed by atoms with van der Waals surface area (Å²) in [6.45, 7) is 0.132. The Morgan fingerprint density at radius 3 is 2.05 bits per heavy atom. The first kappa shape index (κ1) is 25.4. The van der Waals surface area contributed by atoms with E-state index in [-0.39, 0.29) is 24.6 Å². The number of methoxy groups -OCH3 is 2. The Morgan fingerprint density at radius 2 is 1.38 bits per heavy atom. The summed E-state index contributed by atoms with van der Waals surface area (Å²) in [6, 6.07) is 26.7. The summed E-state index contributed by atoms with van der Waals surface area (Å²) in [6.07, 6.45) is 0. The average molecular weight is 499 g/mol. The Balaban J connectivity index is 1.40. The molecule has 0 fully saturated rings. The number of carbonyl (C=O) groups is 2. The first-order chi connectivity index (χ1) is 18.0. The number of ether oxygens (including phenoxy) is 2. The van der Waals surface area contributed by atoms with Crippen molar-refractivity contribution in [3.8, 4) is 22.6 Å². The second-order valence-corrected chi connectivity index (χ2v) is 8.24. The van der Waals surface area contributed by atoms with Crippen molar-refractivity contribution >= 4 is 11.8 Å². The lowest BCUT2D eigenvalue weighted by Gasteiger charge is -2.14. The van der Waals surface area contributed by atoms with Crippen LogP contribution in [0.15, 0.2) is 91.0 Å². The summed E-state index contributed by atoms with van der Waals surface area (Å²) in [5.41, 5.74) is 3.46. The van der Waals surface area contributed by atoms with Crippen LogP contribution in [0.1, 0.15) is 31.8 Å². The quantitative estimate of drug-likeness (QED) is 0.325. The van der Waals surface area contributed by atoms with Gasteiger partial charge in [0.1, 0.15) is 22.9 Å². The fourth-order valence-corrected chi connectivity index (χ4v) is 4.01. The van der Waals surface area contributed by atoms with Gasteiger partial charge in [-0.15, -0.1) is 0 Å². The van der Waals surface area contributed by atoms with Crippen LogP contribution < -0.4 is 20.1 Å². The highest BCUT2D eigenvalue weighted by molar-refractivity contribution is 6.01. The molecular formula is C30H27FN2O4. The molecule has 0 atom stereocenters. The molecule has 4 aromatic carbocycles. The third-order valence-corrected chi connectivity index (χ3v) is 5.92. The Morgan fingerprint density at radius 1 is 0.730 bits per heavy atom. The van der Waals surface area contributed by atoms with Crippen LogP contribution in [0.4, 0.5) is 4.39 Å². The van der Waals surface area contributed by atoms with E-state index in [2.05, 4.69) is 10.6 Å². The van der Waals surface area contributed by atoms with Crippen LogP contribution in [0.2, 0.25) is 0 Å². The van der Waals surface area contributed by atoms with E-state index < -0.39 is 11.7 Å². The second-order valence-electron chi connectivity index (χ2n) is 8.24. The standard InChI is InChI=1S/C30H27FN2O4/c1-36-26-13-8-14-27(37-2)28(26)30(35)33-19-22-16-15-20(17-25(22)31)18-32-29(34)24-12-7-6-11-23(24)21-9-4-3-5-10-21/h3-17H,18-19H2,1-2H3,(H,32,34)(H,33,35). The molecule has 0 aliphatic heterocycles. The minimum atomic E-state index is -0.483. The Kier molecular flexibility index (Phi) is 8.15. The van der Waals surface area contributed by atoms with Gasteiger partial charge in [0.15, 0.2) is 0 Å². The van der Waals surface area contributed by atoms with Crippen molar-refractivity contribution in [3.05, 3.63) is 119 Å². The van der Waals surface area contributed by atoms with Crippen molar-refractivity contribution in [3.63, 3.8) is 0 Å². The number of amides is 2. The van der Waals surface area contributed by atoms with Crippen molar-refractivity contribution in [1.82, 2.24) is 10.6 Å². The van der Waals surface area contributed by atoms with Gasteiger partial charge < -0.3 is 20.1 Å². The lowest BCUT2D eigenvalue weighted by molar-refractivity contribution is 0.0938.